The summed E-state index contributed by atoms with van der Waals surface area (Å²) in [4.78, 5) is 35.2. The van der Waals surface area contributed by atoms with E-state index in [0.29, 0.717) is 12.8 Å². The Kier molecular flexibility index (Phi) is 10.5. The Morgan fingerprint density at radius 3 is 1.50 bits per heavy atom. The highest BCUT2D eigenvalue weighted by molar-refractivity contribution is 5.95. The van der Waals surface area contributed by atoms with Gasteiger partial charge in [0.25, 0.3) is 0 Å². The number of carbonyl (C=O) groups is 3. The highest BCUT2D eigenvalue weighted by Crippen LogP contribution is 2.21. The van der Waals surface area contributed by atoms with Crippen LogP contribution in [0.1, 0.15) is 92.9 Å². The summed E-state index contributed by atoms with van der Waals surface area (Å²) >= 11 is 0. The van der Waals surface area contributed by atoms with Gasteiger partial charge >= 0.3 is 17.9 Å². The second-order valence-corrected chi connectivity index (χ2v) is 8.67. The van der Waals surface area contributed by atoms with Gasteiger partial charge in [0.2, 0.25) is 0 Å². The predicted molar refractivity (Wildman–Crippen MR) is 99.8 cm³/mol. The van der Waals surface area contributed by atoms with Gasteiger partial charge in [-0.25, -0.2) is 0 Å². The lowest BCUT2D eigenvalue weighted by atomic mass is 9.99. The van der Waals surface area contributed by atoms with Gasteiger partial charge in [-0.15, -0.1) is 0 Å². The molecule has 0 fully saturated rings. The first-order chi connectivity index (χ1) is 11.8. The Hall–Kier alpha value is -1.59. The number of esters is 2. The summed E-state index contributed by atoms with van der Waals surface area (Å²) < 4.78 is 10.7. The van der Waals surface area contributed by atoms with Crippen LogP contribution in [-0.4, -0.2) is 34.2 Å². The topological polar surface area (TPSA) is 89.9 Å². The molecular formula is C20H36O6. The van der Waals surface area contributed by atoms with Crippen LogP contribution in [0.4, 0.5) is 0 Å². The minimum Gasteiger partial charge on any atom is -0.481 e. The van der Waals surface area contributed by atoms with Gasteiger partial charge in [0.1, 0.15) is 11.2 Å². The molecule has 0 heterocycles. The molecule has 0 aliphatic carbocycles. The van der Waals surface area contributed by atoms with Crippen molar-refractivity contribution in [2.45, 2.75) is 104 Å². The fraction of sp³-hybridized carbons (Fsp3) is 0.850. The third-order valence-electron chi connectivity index (χ3n) is 3.52. The molecule has 0 saturated carbocycles. The van der Waals surface area contributed by atoms with Crippen LogP contribution < -0.4 is 0 Å². The molecule has 0 unspecified atom stereocenters. The van der Waals surface area contributed by atoms with E-state index in [1.54, 1.807) is 41.5 Å². The molecule has 0 aliphatic rings. The number of hydrogen-bond acceptors (Lipinski definition) is 5. The van der Waals surface area contributed by atoms with Crippen LogP contribution >= 0.6 is 0 Å². The van der Waals surface area contributed by atoms with E-state index in [1.807, 2.05) is 0 Å². The number of carboxylic acid groups (broad SMARTS) is 1. The molecule has 1 N–H and O–H groups in total. The summed E-state index contributed by atoms with van der Waals surface area (Å²) in [6.07, 6.45) is 5.70. The second-order valence-electron chi connectivity index (χ2n) is 8.67. The SMILES string of the molecule is CC(C)(C)OC(=O)C(CCCCCCCCC(=O)O)C(=O)OC(C)(C)C. The van der Waals surface area contributed by atoms with Crippen LogP contribution in [0, 0.1) is 5.92 Å². The fourth-order valence-corrected chi connectivity index (χ4v) is 2.41. The van der Waals surface area contributed by atoms with Gasteiger partial charge in [-0.2, -0.15) is 0 Å². The van der Waals surface area contributed by atoms with Crippen molar-refractivity contribution in [3.8, 4) is 0 Å². The number of carboxylic acids is 1. The van der Waals surface area contributed by atoms with Crippen molar-refractivity contribution in [2.75, 3.05) is 0 Å². The van der Waals surface area contributed by atoms with E-state index in [1.165, 1.54) is 0 Å². The summed E-state index contributed by atoms with van der Waals surface area (Å²) in [5, 5.41) is 8.59. The molecule has 0 atom stereocenters. The molecule has 0 aromatic rings. The van der Waals surface area contributed by atoms with Crippen molar-refractivity contribution in [2.24, 2.45) is 5.92 Å². The van der Waals surface area contributed by atoms with Gasteiger partial charge in [0.05, 0.1) is 0 Å². The number of ether oxygens (including phenoxy) is 2. The Morgan fingerprint density at radius 2 is 1.12 bits per heavy atom. The average Bonchev–Trinajstić information content (AvgIpc) is 2.41. The lowest BCUT2D eigenvalue weighted by molar-refractivity contribution is -0.174. The Balaban J connectivity index is 4.42. The maximum absolute atomic E-state index is 12.4. The highest BCUT2D eigenvalue weighted by Gasteiger charge is 2.34. The monoisotopic (exact) mass is 372 g/mol. The van der Waals surface area contributed by atoms with Crippen LogP contribution in [0.2, 0.25) is 0 Å². The molecule has 0 bridgehead atoms. The van der Waals surface area contributed by atoms with Gasteiger partial charge < -0.3 is 14.6 Å². The third kappa shape index (κ3) is 13.7. The van der Waals surface area contributed by atoms with Gasteiger partial charge in [-0.1, -0.05) is 32.1 Å². The van der Waals surface area contributed by atoms with E-state index < -0.39 is 35.0 Å². The number of rotatable bonds is 11. The molecule has 152 valence electrons. The van der Waals surface area contributed by atoms with E-state index in [-0.39, 0.29) is 6.42 Å². The lowest BCUT2D eigenvalue weighted by Gasteiger charge is -2.26. The molecule has 0 aromatic carbocycles. The summed E-state index contributed by atoms with van der Waals surface area (Å²) in [5.74, 6) is -2.73. The fourth-order valence-electron chi connectivity index (χ4n) is 2.41. The Bertz CT molecular complexity index is 428. The molecule has 0 saturated heterocycles. The van der Waals surface area contributed by atoms with Crippen molar-refractivity contribution in [3.05, 3.63) is 0 Å². The second kappa shape index (κ2) is 11.2. The first-order valence-electron chi connectivity index (χ1n) is 9.49. The molecule has 0 spiro atoms. The normalized spacial score (nSPS) is 12.1. The first-order valence-corrected chi connectivity index (χ1v) is 9.49. The molecular weight excluding hydrogens is 336 g/mol. The van der Waals surface area contributed by atoms with E-state index in [2.05, 4.69) is 0 Å². The zero-order valence-electron chi connectivity index (χ0n) is 17.2. The average molecular weight is 373 g/mol. The molecule has 0 rings (SSSR count). The maximum Gasteiger partial charge on any atom is 0.320 e. The van der Waals surface area contributed by atoms with Crippen molar-refractivity contribution in [1.29, 1.82) is 0 Å². The van der Waals surface area contributed by atoms with E-state index >= 15 is 0 Å². The number of unbranched alkanes of at least 4 members (excludes halogenated alkanes) is 5. The molecule has 0 aromatic heterocycles. The highest BCUT2D eigenvalue weighted by atomic mass is 16.6. The quantitative estimate of drug-likeness (QED) is 0.326. The predicted octanol–water partition coefficient (Wildman–Crippen LogP) is 4.49. The van der Waals surface area contributed by atoms with Crippen LogP contribution in [0.15, 0.2) is 0 Å². The van der Waals surface area contributed by atoms with E-state index in [4.69, 9.17) is 14.6 Å². The van der Waals surface area contributed by atoms with Gasteiger partial charge in [0, 0.05) is 6.42 Å². The third-order valence-corrected chi connectivity index (χ3v) is 3.52. The number of hydrogen-bond donors (Lipinski definition) is 1. The summed E-state index contributed by atoms with van der Waals surface area (Å²) in [5.41, 5.74) is -1.30. The number of aliphatic carboxylic acids is 1. The molecule has 6 heteroatoms. The Labute approximate surface area is 157 Å². The minimum atomic E-state index is -0.902. The summed E-state index contributed by atoms with van der Waals surface area (Å²) in [6.45, 7) is 10.6. The van der Waals surface area contributed by atoms with Gasteiger partial charge in [-0.3, -0.25) is 14.4 Å². The molecule has 26 heavy (non-hydrogen) atoms. The van der Waals surface area contributed by atoms with Crippen molar-refractivity contribution in [1.82, 2.24) is 0 Å². The van der Waals surface area contributed by atoms with Crippen molar-refractivity contribution in [3.63, 3.8) is 0 Å². The summed E-state index contributed by atoms with van der Waals surface area (Å²) in [7, 11) is 0. The molecule has 6 nitrogen and oxygen atoms in total. The van der Waals surface area contributed by atoms with Crippen molar-refractivity contribution < 1.29 is 29.0 Å². The maximum atomic E-state index is 12.4. The van der Waals surface area contributed by atoms with Gasteiger partial charge in [0.15, 0.2) is 5.92 Å². The summed E-state index contributed by atoms with van der Waals surface area (Å²) in [6, 6.07) is 0. The largest absolute Gasteiger partial charge is 0.481 e. The standard InChI is InChI=1S/C20H36O6/c1-19(2,3)25-17(23)15(18(24)26-20(4,5)6)13-11-9-7-8-10-12-14-16(21)22/h15H,7-14H2,1-6H3,(H,21,22). The lowest BCUT2D eigenvalue weighted by Crippen LogP contribution is -2.36. The molecule has 0 amide bonds. The molecule has 0 radical (unpaired) electrons. The smallest absolute Gasteiger partial charge is 0.320 e. The van der Waals surface area contributed by atoms with Gasteiger partial charge in [-0.05, 0) is 54.4 Å². The first kappa shape index (κ1) is 24.4. The Morgan fingerprint density at radius 1 is 0.731 bits per heavy atom. The van der Waals surface area contributed by atoms with E-state index in [9.17, 15) is 14.4 Å². The van der Waals surface area contributed by atoms with Crippen LogP contribution in [0.5, 0.6) is 0 Å². The van der Waals surface area contributed by atoms with Crippen molar-refractivity contribution >= 4 is 17.9 Å². The van der Waals surface area contributed by atoms with Crippen LogP contribution in [0.3, 0.4) is 0 Å². The number of carbonyl (C=O) groups excluding carboxylic acids is 2. The van der Waals surface area contributed by atoms with E-state index in [0.717, 1.165) is 32.1 Å². The zero-order chi connectivity index (χ0) is 20.4. The molecule has 0 aliphatic heterocycles. The zero-order valence-corrected chi connectivity index (χ0v) is 17.2. The minimum absolute atomic E-state index is 0.208. The van der Waals surface area contributed by atoms with Crippen LogP contribution in [0.25, 0.3) is 0 Å². The van der Waals surface area contributed by atoms with Crippen LogP contribution in [-0.2, 0) is 23.9 Å².